The molecule has 0 unspecified atom stereocenters. The molecule has 2 nitrogen and oxygen atoms in total. The molecular weight excluding hydrogens is 226 g/mol. The van der Waals surface area contributed by atoms with Gasteiger partial charge in [-0.3, -0.25) is 4.79 Å². The molecule has 0 bridgehead atoms. The quantitative estimate of drug-likeness (QED) is 0.654. The fourth-order valence-electron chi connectivity index (χ4n) is 3.05. The van der Waals surface area contributed by atoms with Crippen LogP contribution >= 0.6 is 0 Å². The van der Waals surface area contributed by atoms with Crippen LogP contribution in [0.3, 0.4) is 0 Å². The molecule has 0 saturated carbocycles. The van der Waals surface area contributed by atoms with Gasteiger partial charge in [-0.2, -0.15) is 0 Å². The Morgan fingerprint density at radius 1 is 1.35 bits per heavy atom. The van der Waals surface area contributed by atoms with E-state index in [0.717, 1.165) is 12.8 Å². The molecule has 0 aromatic heterocycles. The fourth-order valence-corrected chi connectivity index (χ4v) is 5.71. The number of nitrogens with zero attached hydrogens (tertiary/aromatic N) is 1. The first-order valence-corrected chi connectivity index (χ1v) is 9.69. The average molecular weight is 251 g/mol. The Hall–Kier alpha value is -0.573. The Kier molecular flexibility index (Phi) is 2.81. The van der Waals surface area contributed by atoms with Crippen molar-refractivity contribution in [3.05, 3.63) is 11.3 Å². The van der Waals surface area contributed by atoms with Gasteiger partial charge >= 0.3 is 0 Å². The largest absolute Gasteiger partial charge is 0.330 e. The fraction of sp³-hybridized carbons (Fsp3) is 0.786. The Labute approximate surface area is 106 Å². The zero-order valence-electron chi connectivity index (χ0n) is 12.0. The average Bonchev–Trinajstić information content (AvgIpc) is 2.67. The van der Waals surface area contributed by atoms with E-state index >= 15 is 0 Å². The molecule has 96 valence electrons. The summed E-state index contributed by atoms with van der Waals surface area (Å²) in [5.74, 6) is 0.354. The van der Waals surface area contributed by atoms with E-state index in [1.807, 2.05) is 0 Å². The van der Waals surface area contributed by atoms with E-state index in [9.17, 15) is 4.79 Å². The Morgan fingerprint density at radius 3 is 2.41 bits per heavy atom. The first-order chi connectivity index (χ1) is 7.66. The molecule has 0 aromatic rings. The van der Waals surface area contributed by atoms with Crippen molar-refractivity contribution < 1.29 is 4.79 Å². The van der Waals surface area contributed by atoms with E-state index in [1.165, 1.54) is 0 Å². The van der Waals surface area contributed by atoms with Gasteiger partial charge in [0.1, 0.15) is 0 Å². The maximum absolute atomic E-state index is 11.9. The lowest BCUT2D eigenvalue weighted by molar-refractivity contribution is -0.129. The molecule has 2 aliphatic heterocycles. The highest BCUT2D eigenvalue weighted by Crippen LogP contribution is 2.46. The van der Waals surface area contributed by atoms with E-state index < -0.39 is 8.07 Å². The summed E-state index contributed by atoms with van der Waals surface area (Å²) in [6.45, 7) is 14.1. The van der Waals surface area contributed by atoms with E-state index in [1.54, 1.807) is 5.20 Å². The SMILES string of the molecule is C[C@H]1C([Si](C)(C)C(C)(C)C)=C[C@H]2CCC(=O)N21. The minimum absolute atomic E-state index is 0.343. The number of fused-ring (bicyclic) bond motifs is 1. The van der Waals surface area contributed by atoms with Crippen molar-refractivity contribution in [3.8, 4) is 0 Å². The molecule has 2 aliphatic rings. The Morgan fingerprint density at radius 2 is 1.94 bits per heavy atom. The second kappa shape index (κ2) is 3.71. The van der Waals surface area contributed by atoms with Crippen molar-refractivity contribution in [3.63, 3.8) is 0 Å². The van der Waals surface area contributed by atoms with Gasteiger partial charge in [-0.25, -0.2) is 0 Å². The van der Waals surface area contributed by atoms with Crippen LogP contribution in [0.4, 0.5) is 0 Å². The monoisotopic (exact) mass is 251 g/mol. The first-order valence-electron chi connectivity index (χ1n) is 6.69. The Balaban J connectivity index is 2.33. The standard InChI is InChI=1S/C14H25NOSi/c1-10-12(17(5,6)14(2,3)4)9-11-7-8-13(16)15(10)11/h9-11H,7-8H2,1-6H3/t10-,11+/m0/s1. The molecule has 2 rings (SSSR count). The number of amides is 1. The molecule has 0 N–H and O–H groups in total. The van der Waals surface area contributed by atoms with Gasteiger partial charge in [0.15, 0.2) is 0 Å². The van der Waals surface area contributed by atoms with Crippen LogP contribution in [-0.2, 0) is 4.79 Å². The highest BCUT2D eigenvalue weighted by Gasteiger charge is 2.48. The van der Waals surface area contributed by atoms with Gasteiger partial charge in [-0.05, 0) is 18.4 Å². The van der Waals surface area contributed by atoms with Crippen molar-refractivity contribution in [1.82, 2.24) is 4.90 Å². The smallest absolute Gasteiger partial charge is 0.223 e. The van der Waals surface area contributed by atoms with Gasteiger partial charge in [0, 0.05) is 12.5 Å². The second-order valence-corrected chi connectivity index (χ2v) is 12.4. The van der Waals surface area contributed by atoms with Gasteiger partial charge in [0.2, 0.25) is 5.91 Å². The molecule has 17 heavy (non-hydrogen) atoms. The topological polar surface area (TPSA) is 20.3 Å². The molecule has 1 fully saturated rings. The van der Waals surface area contributed by atoms with Crippen LogP contribution in [0.1, 0.15) is 40.5 Å². The molecule has 1 amide bonds. The summed E-state index contributed by atoms with van der Waals surface area (Å²) in [6, 6.07) is 0.748. The van der Waals surface area contributed by atoms with Crippen LogP contribution in [0.5, 0.6) is 0 Å². The molecule has 3 heteroatoms. The second-order valence-electron chi connectivity index (χ2n) is 7.08. The van der Waals surface area contributed by atoms with E-state index in [0.29, 0.717) is 23.0 Å². The van der Waals surface area contributed by atoms with Crippen LogP contribution in [0.2, 0.25) is 18.1 Å². The lowest BCUT2D eigenvalue weighted by Gasteiger charge is -2.41. The summed E-state index contributed by atoms with van der Waals surface area (Å²) in [7, 11) is -1.46. The number of hydrogen-bond donors (Lipinski definition) is 0. The van der Waals surface area contributed by atoms with Crippen molar-refractivity contribution in [2.45, 2.75) is 70.8 Å². The normalized spacial score (nSPS) is 29.6. The molecule has 0 aliphatic carbocycles. The van der Waals surface area contributed by atoms with Crippen LogP contribution < -0.4 is 0 Å². The molecule has 2 atom stereocenters. The highest BCUT2D eigenvalue weighted by atomic mass is 28.3. The van der Waals surface area contributed by atoms with Crippen LogP contribution in [-0.4, -0.2) is 31.0 Å². The van der Waals surface area contributed by atoms with Crippen molar-refractivity contribution in [2.24, 2.45) is 0 Å². The number of carbonyl (C=O) groups excluding carboxylic acids is 1. The summed E-state index contributed by atoms with van der Waals surface area (Å²) >= 11 is 0. The predicted octanol–water partition coefficient (Wildman–Crippen LogP) is 3.35. The third-order valence-corrected chi connectivity index (χ3v) is 10.9. The van der Waals surface area contributed by atoms with Crippen molar-refractivity contribution >= 4 is 14.0 Å². The van der Waals surface area contributed by atoms with Gasteiger partial charge in [0.25, 0.3) is 0 Å². The third kappa shape index (κ3) is 1.79. The van der Waals surface area contributed by atoms with Crippen LogP contribution in [0, 0.1) is 0 Å². The van der Waals surface area contributed by atoms with Crippen molar-refractivity contribution in [2.75, 3.05) is 0 Å². The molecule has 2 heterocycles. The third-order valence-electron chi connectivity index (χ3n) is 5.14. The lowest BCUT2D eigenvalue weighted by atomic mass is 10.2. The van der Waals surface area contributed by atoms with Crippen LogP contribution in [0.25, 0.3) is 0 Å². The minimum atomic E-state index is -1.46. The highest BCUT2D eigenvalue weighted by molar-refractivity contribution is 6.87. The zero-order chi connectivity index (χ0) is 13.0. The summed E-state index contributed by atoms with van der Waals surface area (Å²) in [6.07, 6.45) is 4.20. The number of carbonyl (C=O) groups is 1. The summed E-state index contributed by atoms with van der Waals surface area (Å²) in [5, 5.41) is 1.94. The minimum Gasteiger partial charge on any atom is -0.330 e. The molecule has 1 saturated heterocycles. The summed E-state index contributed by atoms with van der Waals surface area (Å²) in [5.41, 5.74) is 0. The van der Waals surface area contributed by atoms with Crippen LogP contribution in [0.15, 0.2) is 11.3 Å². The van der Waals surface area contributed by atoms with Gasteiger partial charge in [0.05, 0.1) is 14.1 Å². The summed E-state index contributed by atoms with van der Waals surface area (Å²) in [4.78, 5) is 14.0. The van der Waals surface area contributed by atoms with Gasteiger partial charge in [-0.1, -0.05) is 45.1 Å². The first kappa shape index (κ1) is 12.9. The number of rotatable bonds is 1. The summed E-state index contributed by atoms with van der Waals surface area (Å²) < 4.78 is 0. The molecular formula is C14H25NOSi. The maximum atomic E-state index is 11.9. The van der Waals surface area contributed by atoms with E-state index in [-0.39, 0.29) is 0 Å². The van der Waals surface area contributed by atoms with Gasteiger partial charge < -0.3 is 4.90 Å². The molecule has 0 radical (unpaired) electrons. The van der Waals surface area contributed by atoms with Crippen molar-refractivity contribution in [1.29, 1.82) is 0 Å². The van der Waals surface area contributed by atoms with E-state index in [4.69, 9.17) is 0 Å². The maximum Gasteiger partial charge on any atom is 0.223 e. The van der Waals surface area contributed by atoms with Gasteiger partial charge in [-0.15, -0.1) is 0 Å². The zero-order valence-corrected chi connectivity index (χ0v) is 13.0. The Bertz CT molecular complexity index is 378. The lowest BCUT2D eigenvalue weighted by Crippen LogP contribution is -2.46. The molecule has 0 spiro atoms. The predicted molar refractivity (Wildman–Crippen MR) is 74.6 cm³/mol. The molecule has 0 aromatic carbocycles. The number of hydrogen-bond acceptors (Lipinski definition) is 1. The van der Waals surface area contributed by atoms with E-state index in [2.05, 4.69) is 51.8 Å².